The number of hydrogen-bond acceptors (Lipinski definition) is 4. The highest BCUT2D eigenvalue weighted by Crippen LogP contribution is 2.15. The first-order chi connectivity index (χ1) is 8.52. The lowest BCUT2D eigenvalue weighted by Crippen LogP contribution is -2.40. The lowest BCUT2D eigenvalue weighted by Gasteiger charge is -2.13. The molecule has 0 bridgehead atoms. The lowest BCUT2D eigenvalue weighted by atomic mass is 10.1. The van der Waals surface area contributed by atoms with E-state index in [1.165, 1.54) is 0 Å². The van der Waals surface area contributed by atoms with Crippen molar-refractivity contribution >= 4 is 11.7 Å². The number of hydrogen-bond donors (Lipinski definition) is 2. The third kappa shape index (κ3) is 4.55. The highest BCUT2D eigenvalue weighted by atomic mass is 16.5. The third-order valence-electron chi connectivity index (χ3n) is 2.51. The van der Waals surface area contributed by atoms with Gasteiger partial charge in [-0.2, -0.15) is 0 Å². The van der Waals surface area contributed by atoms with Gasteiger partial charge >= 0.3 is 0 Å². The summed E-state index contributed by atoms with van der Waals surface area (Å²) in [6.07, 6.45) is 0.610. The van der Waals surface area contributed by atoms with Crippen LogP contribution in [0.4, 0.5) is 0 Å². The van der Waals surface area contributed by atoms with Gasteiger partial charge in [-0.1, -0.05) is 12.1 Å². The number of nitrogens with one attached hydrogen (secondary N) is 1. The maximum atomic E-state index is 11.2. The van der Waals surface area contributed by atoms with Crippen LogP contribution in [0, 0.1) is 0 Å². The highest BCUT2D eigenvalue weighted by molar-refractivity contribution is 5.80. The summed E-state index contributed by atoms with van der Waals surface area (Å²) in [5.74, 6) is 5.39. The van der Waals surface area contributed by atoms with Crippen LogP contribution in [0.15, 0.2) is 24.3 Å². The average Bonchev–Trinajstić information content (AvgIpc) is 2.36. The molecule has 0 saturated carbocycles. The van der Waals surface area contributed by atoms with Crippen LogP contribution in [0.2, 0.25) is 0 Å². The average molecular weight is 250 g/mol. The molecule has 0 aliphatic carbocycles. The second kappa shape index (κ2) is 6.76. The largest absolute Gasteiger partial charge is 0.481 e. The Kier molecular flexibility index (Phi) is 5.32. The van der Waals surface area contributed by atoms with Crippen molar-refractivity contribution in [2.75, 3.05) is 0 Å². The Morgan fingerprint density at radius 2 is 1.94 bits per heavy atom. The summed E-state index contributed by atoms with van der Waals surface area (Å²) in [6, 6.07) is 7.31. The number of nitrogens with two attached hydrogens (primary N) is 1. The van der Waals surface area contributed by atoms with E-state index in [9.17, 15) is 9.59 Å². The number of amides is 1. The Morgan fingerprint density at radius 1 is 1.33 bits per heavy atom. The normalized spacial score (nSPS) is 11.7. The van der Waals surface area contributed by atoms with Gasteiger partial charge in [0.2, 0.25) is 0 Å². The van der Waals surface area contributed by atoms with E-state index in [0.717, 1.165) is 5.56 Å². The lowest BCUT2D eigenvalue weighted by molar-refractivity contribution is -0.127. The predicted molar refractivity (Wildman–Crippen MR) is 67.9 cm³/mol. The quantitative estimate of drug-likeness (QED) is 0.448. The Bertz CT molecular complexity index is 415. The molecule has 1 rings (SSSR count). The summed E-state index contributed by atoms with van der Waals surface area (Å²) >= 11 is 0. The maximum absolute atomic E-state index is 11.2. The van der Waals surface area contributed by atoms with Crippen molar-refractivity contribution in [2.45, 2.75) is 32.8 Å². The van der Waals surface area contributed by atoms with E-state index in [0.29, 0.717) is 18.6 Å². The van der Waals surface area contributed by atoms with Gasteiger partial charge in [-0.3, -0.25) is 10.2 Å². The highest BCUT2D eigenvalue weighted by Gasteiger charge is 2.12. The Labute approximate surface area is 106 Å². The number of ketones is 1. The molecule has 18 heavy (non-hydrogen) atoms. The van der Waals surface area contributed by atoms with Gasteiger partial charge in [-0.05, 0) is 38.0 Å². The van der Waals surface area contributed by atoms with Gasteiger partial charge in [0.15, 0.2) is 6.10 Å². The fourth-order valence-corrected chi connectivity index (χ4v) is 1.43. The fraction of sp³-hybridized carbons (Fsp3) is 0.385. The van der Waals surface area contributed by atoms with E-state index in [2.05, 4.69) is 0 Å². The molecule has 3 N–H and O–H groups in total. The summed E-state index contributed by atoms with van der Waals surface area (Å²) in [5, 5.41) is 0. The molecule has 98 valence electrons. The van der Waals surface area contributed by atoms with Crippen LogP contribution in [0.5, 0.6) is 5.75 Å². The number of aryl methyl sites for hydroxylation is 1. The molecule has 0 aliphatic rings. The van der Waals surface area contributed by atoms with Gasteiger partial charge in [-0.25, -0.2) is 5.84 Å². The van der Waals surface area contributed by atoms with Gasteiger partial charge in [0.1, 0.15) is 11.5 Å². The SMILES string of the molecule is CC(=O)CCc1ccc(OC(C)C(=O)NN)cc1. The van der Waals surface area contributed by atoms with Gasteiger partial charge in [0.05, 0.1) is 0 Å². The minimum atomic E-state index is -0.641. The first kappa shape index (κ1) is 14.2. The molecule has 5 nitrogen and oxygen atoms in total. The molecule has 1 unspecified atom stereocenters. The Hall–Kier alpha value is -1.88. The molecule has 1 aromatic rings. The summed E-state index contributed by atoms with van der Waals surface area (Å²) in [5.41, 5.74) is 3.09. The molecule has 0 aromatic heterocycles. The van der Waals surface area contributed by atoms with Crippen LogP contribution in [0.1, 0.15) is 25.8 Å². The molecule has 0 radical (unpaired) electrons. The number of Topliss-reactive ketones (excluding diaryl/α,β-unsaturated/α-hetero) is 1. The molecule has 0 heterocycles. The zero-order valence-electron chi connectivity index (χ0n) is 10.6. The van der Waals surface area contributed by atoms with E-state index in [1.54, 1.807) is 26.0 Å². The zero-order valence-corrected chi connectivity index (χ0v) is 10.6. The summed E-state index contributed by atoms with van der Waals surface area (Å²) in [7, 11) is 0. The molecule has 1 aromatic carbocycles. The van der Waals surface area contributed by atoms with Crippen LogP contribution in [-0.4, -0.2) is 17.8 Å². The number of ether oxygens (including phenoxy) is 1. The third-order valence-corrected chi connectivity index (χ3v) is 2.51. The van der Waals surface area contributed by atoms with E-state index < -0.39 is 6.10 Å². The van der Waals surface area contributed by atoms with E-state index in [4.69, 9.17) is 10.6 Å². The van der Waals surface area contributed by atoms with Crippen molar-refractivity contribution in [1.29, 1.82) is 0 Å². The molecule has 1 amide bonds. The fourth-order valence-electron chi connectivity index (χ4n) is 1.43. The summed E-state index contributed by atoms with van der Waals surface area (Å²) in [4.78, 5) is 22.0. The topological polar surface area (TPSA) is 81.4 Å². The zero-order chi connectivity index (χ0) is 13.5. The number of benzene rings is 1. The van der Waals surface area contributed by atoms with E-state index in [1.807, 2.05) is 17.6 Å². The van der Waals surface area contributed by atoms with Crippen LogP contribution in [0.25, 0.3) is 0 Å². The first-order valence-corrected chi connectivity index (χ1v) is 5.78. The smallest absolute Gasteiger partial charge is 0.274 e. The minimum absolute atomic E-state index is 0.170. The van der Waals surface area contributed by atoms with Gasteiger partial charge in [-0.15, -0.1) is 0 Å². The van der Waals surface area contributed by atoms with Crippen molar-refractivity contribution in [2.24, 2.45) is 5.84 Å². The van der Waals surface area contributed by atoms with Crippen LogP contribution in [0.3, 0.4) is 0 Å². The Balaban J connectivity index is 2.54. The standard InChI is InChI=1S/C13H18N2O3/c1-9(16)3-4-11-5-7-12(8-6-11)18-10(2)13(17)15-14/h5-8,10H,3-4,14H2,1-2H3,(H,15,17). The van der Waals surface area contributed by atoms with Crippen LogP contribution >= 0.6 is 0 Å². The molecular weight excluding hydrogens is 232 g/mol. The Morgan fingerprint density at radius 3 is 2.44 bits per heavy atom. The van der Waals surface area contributed by atoms with Crippen molar-refractivity contribution in [3.05, 3.63) is 29.8 Å². The number of rotatable bonds is 6. The summed E-state index contributed by atoms with van der Waals surface area (Å²) in [6.45, 7) is 3.19. The second-order valence-corrected chi connectivity index (χ2v) is 4.11. The van der Waals surface area contributed by atoms with Crippen molar-refractivity contribution in [3.63, 3.8) is 0 Å². The summed E-state index contributed by atoms with van der Waals surface area (Å²) < 4.78 is 5.39. The van der Waals surface area contributed by atoms with Gasteiger partial charge in [0.25, 0.3) is 5.91 Å². The molecule has 1 atom stereocenters. The van der Waals surface area contributed by atoms with Crippen molar-refractivity contribution in [1.82, 2.24) is 5.43 Å². The van der Waals surface area contributed by atoms with Crippen LogP contribution in [-0.2, 0) is 16.0 Å². The first-order valence-electron chi connectivity index (χ1n) is 5.78. The maximum Gasteiger partial charge on any atom is 0.274 e. The number of hydrazine groups is 1. The molecule has 0 spiro atoms. The van der Waals surface area contributed by atoms with Crippen LogP contribution < -0.4 is 16.0 Å². The molecule has 0 aliphatic heterocycles. The minimum Gasteiger partial charge on any atom is -0.481 e. The van der Waals surface area contributed by atoms with Crippen molar-refractivity contribution < 1.29 is 14.3 Å². The van der Waals surface area contributed by atoms with Crippen molar-refractivity contribution in [3.8, 4) is 5.75 Å². The van der Waals surface area contributed by atoms with Gasteiger partial charge in [0, 0.05) is 6.42 Å². The van der Waals surface area contributed by atoms with E-state index >= 15 is 0 Å². The number of carbonyl (C=O) groups excluding carboxylic acids is 2. The molecule has 5 heteroatoms. The number of carbonyl (C=O) groups is 2. The molecule has 0 fully saturated rings. The monoisotopic (exact) mass is 250 g/mol. The molecular formula is C13H18N2O3. The predicted octanol–water partition coefficient (Wildman–Crippen LogP) is 0.965. The van der Waals surface area contributed by atoms with Gasteiger partial charge < -0.3 is 9.53 Å². The molecule has 0 saturated heterocycles. The van der Waals surface area contributed by atoms with E-state index in [-0.39, 0.29) is 11.7 Å². The second-order valence-electron chi connectivity index (χ2n) is 4.11.